The number of halogens is 4. The number of alkyl halides is 3. The third-order valence-corrected chi connectivity index (χ3v) is 3.27. The van der Waals surface area contributed by atoms with Gasteiger partial charge in [-0.2, -0.15) is 13.2 Å². The van der Waals surface area contributed by atoms with Gasteiger partial charge in [0.1, 0.15) is 5.82 Å². The van der Waals surface area contributed by atoms with E-state index in [4.69, 9.17) is 0 Å². The van der Waals surface area contributed by atoms with Crippen LogP contribution in [0.25, 0.3) is 6.08 Å². The summed E-state index contributed by atoms with van der Waals surface area (Å²) < 4.78 is 49.9. The van der Waals surface area contributed by atoms with Gasteiger partial charge in [-0.25, -0.2) is 4.39 Å². The van der Waals surface area contributed by atoms with E-state index in [0.29, 0.717) is 11.1 Å². The second-order valence-corrected chi connectivity index (χ2v) is 5.21. The number of anilines is 1. The van der Waals surface area contributed by atoms with Crippen molar-refractivity contribution >= 4 is 23.6 Å². The van der Waals surface area contributed by atoms with Gasteiger partial charge in [0.25, 0.3) is 0 Å². The van der Waals surface area contributed by atoms with Crippen molar-refractivity contribution in [3.63, 3.8) is 0 Å². The van der Waals surface area contributed by atoms with Crippen LogP contribution >= 0.6 is 0 Å². The van der Waals surface area contributed by atoms with E-state index < -0.39 is 23.8 Å². The van der Waals surface area contributed by atoms with E-state index in [2.05, 4.69) is 5.32 Å². The summed E-state index contributed by atoms with van der Waals surface area (Å²) in [5, 5.41) is 4.27. The van der Waals surface area contributed by atoms with Crippen molar-refractivity contribution in [1.29, 1.82) is 0 Å². The molecule has 2 rings (SSSR count). The van der Waals surface area contributed by atoms with Gasteiger partial charge in [-0.05, 0) is 35.4 Å². The van der Waals surface area contributed by atoms with Gasteiger partial charge in [0, 0.05) is 18.3 Å². The lowest BCUT2D eigenvalue weighted by atomic mass is 10.1. The Labute approximate surface area is 146 Å². The Morgan fingerprint density at radius 1 is 1.00 bits per heavy atom. The highest BCUT2D eigenvalue weighted by molar-refractivity contribution is 5.96. The molecule has 0 aromatic heterocycles. The first-order valence-corrected chi connectivity index (χ1v) is 7.43. The highest BCUT2D eigenvalue weighted by Gasteiger charge is 2.38. The van der Waals surface area contributed by atoms with E-state index in [1.54, 1.807) is 11.4 Å². The van der Waals surface area contributed by atoms with Crippen LogP contribution in [0.2, 0.25) is 0 Å². The lowest BCUT2D eigenvalue weighted by Gasteiger charge is -2.12. The van der Waals surface area contributed by atoms with Gasteiger partial charge >= 0.3 is 12.1 Å². The van der Waals surface area contributed by atoms with Crippen LogP contribution < -0.4 is 10.6 Å². The second-order valence-electron chi connectivity index (χ2n) is 5.21. The molecule has 2 aromatic rings. The molecule has 0 atom stereocenters. The van der Waals surface area contributed by atoms with Gasteiger partial charge in [-0.1, -0.05) is 30.3 Å². The zero-order valence-electron chi connectivity index (χ0n) is 13.3. The summed E-state index contributed by atoms with van der Waals surface area (Å²) in [4.78, 5) is 22.9. The Balaban J connectivity index is 1.97. The third kappa shape index (κ3) is 5.73. The van der Waals surface area contributed by atoms with E-state index in [9.17, 15) is 27.2 Å². The van der Waals surface area contributed by atoms with Gasteiger partial charge in [0.2, 0.25) is 5.91 Å². The zero-order chi connectivity index (χ0) is 19.2. The van der Waals surface area contributed by atoms with Crippen LogP contribution in [0.1, 0.15) is 11.1 Å². The molecule has 2 aromatic carbocycles. The minimum Gasteiger partial charge on any atom is -0.348 e. The molecular weight excluding hydrogens is 352 g/mol. The van der Waals surface area contributed by atoms with Crippen LogP contribution in [0.5, 0.6) is 0 Å². The van der Waals surface area contributed by atoms with Crippen molar-refractivity contribution < 1.29 is 27.2 Å². The van der Waals surface area contributed by atoms with Crippen LogP contribution in [0.3, 0.4) is 0 Å². The lowest BCUT2D eigenvalue weighted by Crippen LogP contribution is -2.30. The molecule has 0 aliphatic rings. The van der Waals surface area contributed by atoms with Crippen LogP contribution in [-0.2, 0) is 16.1 Å². The Kier molecular flexibility index (Phi) is 6.11. The average Bonchev–Trinajstić information content (AvgIpc) is 2.59. The molecule has 0 fully saturated rings. The topological polar surface area (TPSA) is 58.2 Å². The van der Waals surface area contributed by atoms with Crippen LogP contribution in [-0.4, -0.2) is 18.0 Å². The normalized spacial score (nSPS) is 11.4. The second kappa shape index (κ2) is 8.28. The first-order chi connectivity index (χ1) is 12.3. The Morgan fingerprint density at radius 3 is 2.31 bits per heavy atom. The van der Waals surface area contributed by atoms with Gasteiger partial charge in [-0.15, -0.1) is 0 Å². The van der Waals surface area contributed by atoms with Gasteiger partial charge in [-0.3, -0.25) is 9.59 Å². The third-order valence-electron chi connectivity index (χ3n) is 3.27. The molecule has 26 heavy (non-hydrogen) atoms. The fraction of sp³-hybridized carbons (Fsp3) is 0.111. The molecule has 0 aliphatic carbocycles. The minimum atomic E-state index is -5.01. The Hall–Kier alpha value is -3.16. The smallest absolute Gasteiger partial charge is 0.348 e. The Bertz CT molecular complexity index is 815. The molecule has 2 amide bonds. The predicted octanol–water partition coefficient (Wildman–Crippen LogP) is 3.66. The van der Waals surface area contributed by atoms with E-state index in [1.165, 1.54) is 54.6 Å². The zero-order valence-corrected chi connectivity index (χ0v) is 13.3. The van der Waals surface area contributed by atoms with E-state index in [1.807, 2.05) is 0 Å². The summed E-state index contributed by atoms with van der Waals surface area (Å²) in [6, 6.07) is 11.3. The Morgan fingerprint density at radius 2 is 1.65 bits per heavy atom. The molecule has 0 aliphatic heterocycles. The molecule has 0 spiro atoms. The maximum atomic E-state index is 12.8. The van der Waals surface area contributed by atoms with E-state index >= 15 is 0 Å². The maximum absolute atomic E-state index is 12.8. The first kappa shape index (κ1) is 19.2. The number of amides is 2. The molecule has 4 nitrogen and oxygen atoms in total. The molecular formula is C18H14F4N2O2. The monoisotopic (exact) mass is 366 g/mol. The predicted molar refractivity (Wildman–Crippen MR) is 88.4 cm³/mol. The maximum Gasteiger partial charge on any atom is 0.471 e. The van der Waals surface area contributed by atoms with Crippen molar-refractivity contribution in [2.75, 3.05) is 5.32 Å². The summed E-state index contributed by atoms with van der Waals surface area (Å²) in [5.41, 5.74) is 0.880. The number of rotatable bonds is 5. The van der Waals surface area contributed by atoms with Crippen molar-refractivity contribution in [2.45, 2.75) is 12.7 Å². The molecule has 136 valence electrons. The van der Waals surface area contributed by atoms with Crippen LogP contribution in [0.4, 0.5) is 23.2 Å². The summed E-state index contributed by atoms with van der Waals surface area (Å²) in [6.07, 6.45) is -2.33. The fourth-order valence-corrected chi connectivity index (χ4v) is 1.98. The van der Waals surface area contributed by atoms with Crippen molar-refractivity contribution in [2.24, 2.45) is 0 Å². The minimum absolute atomic E-state index is 0.0439. The van der Waals surface area contributed by atoms with Gasteiger partial charge < -0.3 is 10.6 Å². The highest BCUT2D eigenvalue weighted by Crippen LogP contribution is 2.20. The number of nitrogens with one attached hydrogen (secondary N) is 2. The van der Waals surface area contributed by atoms with Crippen molar-refractivity contribution in [3.05, 3.63) is 71.6 Å². The fourth-order valence-electron chi connectivity index (χ4n) is 1.98. The molecule has 0 radical (unpaired) electrons. The molecule has 0 saturated carbocycles. The number of para-hydroxylation sites is 1. The van der Waals surface area contributed by atoms with Crippen LogP contribution in [0.15, 0.2) is 54.6 Å². The number of hydrogen-bond donors (Lipinski definition) is 2. The summed E-state index contributed by atoms with van der Waals surface area (Å²) in [6.45, 7) is -0.0824. The molecule has 0 heterocycles. The van der Waals surface area contributed by atoms with Crippen molar-refractivity contribution in [1.82, 2.24) is 5.32 Å². The molecule has 0 unspecified atom stereocenters. The number of benzene rings is 2. The van der Waals surface area contributed by atoms with E-state index in [-0.39, 0.29) is 12.2 Å². The summed E-state index contributed by atoms with van der Waals surface area (Å²) in [5.74, 6) is -2.98. The van der Waals surface area contributed by atoms with Gasteiger partial charge in [0.05, 0.1) is 0 Å². The lowest BCUT2D eigenvalue weighted by molar-refractivity contribution is -0.167. The van der Waals surface area contributed by atoms with E-state index in [0.717, 1.165) is 0 Å². The molecule has 0 bridgehead atoms. The number of carbonyl (C=O) groups excluding carboxylic acids is 2. The van der Waals surface area contributed by atoms with Crippen molar-refractivity contribution in [3.8, 4) is 0 Å². The number of hydrogen-bond acceptors (Lipinski definition) is 2. The molecule has 0 saturated heterocycles. The summed E-state index contributed by atoms with van der Waals surface area (Å²) in [7, 11) is 0. The van der Waals surface area contributed by atoms with Gasteiger partial charge in [0.15, 0.2) is 0 Å². The quantitative estimate of drug-likeness (QED) is 0.627. The summed E-state index contributed by atoms with van der Waals surface area (Å²) >= 11 is 0. The average molecular weight is 366 g/mol. The number of carbonyl (C=O) groups is 2. The molecule has 8 heteroatoms. The first-order valence-electron chi connectivity index (χ1n) is 7.43. The molecule has 2 N–H and O–H groups in total. The highest BCUT2D eigenvalue weighted by atomic mass is 19.4. The largest absolute Gasteiger partial charge is 0.471 e. The SMILES string of the molecule is O=C(/C=C/c1ccc(F)cc1)NCc1ccccc1NC(=O)C(F)(F)F. The van der Waals surface area contributed by atoms with Crippen LogP contribution in [0, 0.1) is 5.82 Å². The standard InChI is InChI=1S/C18H14F4N2O2/c19-14-8-5-12(6-9-14)7-10-16(25)23-11-13-3-1-2-4-15(13)24-17(26)18(20,21)22/h1-10H,11H2,(H,23,25)(H,24,26)/b10-7+.